The van der Waals surface area contributed by atoms with E-state index in [9.17, 15) is 9.18 Å². The van der Waals surface area contributed by atoms with Gasteiger partial charge in [-0.3, -0.25) is 14.3 Å². The van der Waals surface area contributed by atoms with Crippen LogP contribution in [0, 0.1) is 5.82 Å². The van der Waals surface area contributed by atoms with Gasteiger partial charge in [-0.15, -0.1) is 11.8 Å². The van der Waals surface area contributed by atoms with Crippen LogP contribution in [0.2, 0.25) is 0 Å². The van der Waals surface area contributed by atoms with E-state index in [4.69, 9.17) is 9.47 Å². The van der Waals surface area contributed by atoms with E-state index in [1.54, 1.807) is 48.0 Å². The maximum absolute atomic E-state index is 13.4. The molecular formula is C30H29FIN3O3S. The summed E-state index contributed by atoms with van der Waals surface area (Å²) in [5, 5.41) is 0.186. The maximum atomic E-state index is 13.4. The minimum Gasteiger partial charge on any atom is -0.493 e. The zero-order valence-electron chi connectivity index (χ0n) is 21.8. The Bertz CT molecular complexity index is 1500. The van der Waals surface area contributed by atoms with Crippen LogP contribution in [-0.4, -0.2) is 41.8 Å². The van der Waals surface area contributed by atoms with Crippen LogP contribution in [-0.2, 0) is 17.4 Å². The van der Waals surface area contributed by atoms with Crippen LogP contribution in [0.5, 0.6) is 11.5 Å². The summed E-state index contributed by atoms with van der Waals surface area (Å²) in [6, 6.07) is 20.6. The first kappa shape index (κ1) is 27.7. The highest BCUT2D eigenvalue weighted by molar-refractivity contribution is 14.1. The smallest absolute Gasteiger partial charge is 0.271 e. The summed E-state index contributed by atoms with van der Waals surface area (Å²) >= 11 is 3.95. The van der Waals surface area contributed by atoms with Crippen molar-refractivity contribution in [2.45, 2.75) is 27.5 Å². The molecule has 0 saturated heterocycles. The third-order valence-electron chi connectivity index (χ3n) is 6.67. The van der Waals surface area contributed by atoms with Crippen LogP contribution >= 0.6 is 34.4 Å². The first-order chi connectivity index (χ1) is 18.9. The van der Waals surface area contributed by atoms with Crippen LogP contribution in [0.25, 0.3) is 5.69 Å². The summed E-state index contributed by atoms with van der Waals surface area (Å²) in [6.07, 6.45) is 2.34. The second-order valence-electron chi connectivity index (χ2n) is 9.43. The topological polar surface area (TPSA) is 56.6 Å². The van der Waals surface area contributed by atoms with E-state index < -0.39 is 0 Å². The van der Waals surface area contributed by atoms with Crippen molar-refractivity contribution in [2.75, 3.05) is 27.3 Å². The molecule has 2 heterocycles. The van der Waals surface area contributed by atoms with Gasteiger partial charge in [0.25, 0.3) is 5.56 Å². The quantitative estimate of drug-likeness (QED) is 0.149. The average Bonchev–Trinajstić information content (AvgIpc) is 3.40. The van der Waals surface area contributed by atoms with Crippen molar-refractivity contribution in [1.82, 2.24) is 14.5 Å². The average molecular weight is 658 g/mol. The van der Waals surface area contributed by atoms with Gasteiger partial charge in [-0.05, 0) is 48.0 Å². The van der Waals surface area contributed by atoms with Gasteiger partial charge in [0, 0.05) is 35.3 Å². The summed E-state index contributed by atoms with van der Waals surface area (Å²) in [5.41, 5.74) is 4.98. The van der Waals surface area contributed by atoms with Gasteiger partial charge in [0.05, 0.1) is 23.4 Å². The van der Waals surface area contributed by atoms with Gasteiger partial charge in [0.15, 0.2) is 11.5 Å². The number of hydrogen-bond acceptors (Lipinski definition) is 6. The minimum absolute atomic E-state index is 0.0745. The molecule has 1 aliphatic heterocycles. The van der Waals surface area contributed by atoms with Crippen LogP contribution in [0.15, 0.2) is 82.7 Å². The Morgan fingerprint density at radius 3 is 2.54 bits per heavy atom. The molecule has 0 spiro atoms. The molecule has 0 bridgehead atoms. The Morgan fingerprint density at radius 1 is 1.08 bits per heavy atom. The molecule has 0 amide bonds. The second kappa shape index (κ2) is 12.5. The number of ether oxygens (including phenoxy) is 2. The number of benzene rings is 3. The Kier molecular flexibility index (Phi) is 8.89. The summed E-state index contributed by atoms with van der Waals surface area (Å²) < 4.78 is 27.3. The van der Waals surface area contributed by atoms with E-state index in [-0.39, 0.29) is 16.6 Å². The van der Waals surface area contributed by atoms with Crippen molar-refractivity contribution in [1.29, 1.82) is 0 Å². The number of likely N-dealkylation sites (N-methyl/N-ethyl adjacent to an activating group) is 1. The summed E-state index contributed by atoms with van der Waals surface area (Å²) in [5.74, 6) is 0.906. The van der Waals surface area contributed by atoms with Crippen molar-refractivity contribution in [3.05, 3.63) is 112 Å². The van der Waals surface area contributed by atoms with Crippen molar-refractivity contribution in [3.8, 4) is 17.2 Å². The fraction of sp³-hybridized carbons (Fsp3) is 0.267. The standard InChI is InChI=1S/C30H29FIN3O3S/c1-34(18-21-5-9-23(31)10-6-21)13-14-38-26-12-11-24(15-27(26)37-2)35-19-33-25-16-28(39-29(25)30(35)36)22-7-3-20(17-32)4-8-22/h3-12,15,19,28H,13-14,16-18H2,1-2H3. The van der Waals surface area contributed by atoms with Crippen LogP contribution in [0.3, 0.4) is 0 Å². The third-order valence-corrected chi connectivity index (χ3v) is 8.92. The number of halogens is 2. The lowest BCUT2D eigenvalue weighted by atomic mass is 10.1. The number of methoxy groups -OCH3 is 1. The Balaban J connectivity index is 1.25. The highest BCUT2D eigenvalue weighted by atomic mass is 127. The Labute approximate surface area is 245 Å². The van der Waals surface area contributed by atoms with E-state index in [0.29, 0.717) is 41.8 Å². The van der Waals surface area contributed by atoms with Gasteiger partial charge in [-0.25, -0.2) is 9.37 Å². The predicted octanol–water partition coefficient (Wildman–Crippen LogP) is 6.22. The molecule has 0 N–H and O–H groups in total. The van der Waals surface area contributed by atoms with Gasteiger partial charge in [0.1, 0.15) is 18.8 Å². The van der Waals surface area contributed by atoms with Crippen LogP contribution < -0.4 is 15.0 Å². The Morgan fingerprint density at radius 2 is 1.82 bits per heavy atom. The summed E-state index contributed by atoms with van der Waals surface area (Å²) in [7, 11) is 3.57. The molecule has 1 unspecified atom stereocenters. The van der Waals surface area contributed by atoms with Crippen LogP contribution in [0.1, 0.15) is 27.6 Å². The van der Waals surface area contributed by atoms with E-state index in [0.717, 1.165) is 22.1 Å². The number of aromatic nitrogens is 2. The monoisotopic (exact) mass is 657 g/mol. The maximum Gasteiger partial charge on any atom is 0.271 e. The van der Waals surface area contributed by atoms with Crippen molar-refractivity contribution < 1.29 is 13.9 Å². The summed E-state index contributed by atoms with van der Waals surface area (Å²) in [6.45, 7) is 1.82. The van der Waals surface area contributed by atoms with E-state index >= 15 is 0 Å². The molecular weight excluding hydrogens is 628 g/mol. The van der Waals surface area contributed by atoms with Crippen molar-refractivity contribution >= 4 is 34.4 Å². The lowest BCUT2D eigenvalue weighted by Gasteiger charge is -2.18. The molecule has 5 rings (SSSR count). The Hall–Kier alpha value is -2.89. The predicted molar refractivity (Wildman–Crippen MR) is 161 cm³/mol. The lowest BCUT2D eigenvalue weighted by Crippen LogP contribution is -2.24. The number of alkyl halides is 1. The molecule has 1 aliphatic rings. The van der Waals surface area contributed by atoms with Gasteiger partial charge < -0.3 is 9.47 Å². The molecule has 0 fully saturated rings. The normalized spacial score (nSPS) is 14.4. The molecule has 9 heteroatoms. The first-order valence-electron chi connectivity index (χ1n) is 12.6. The lowest BCUT2D eigenvalue weighted by molar-refractivity contribution is 0.226. The van der Waals surface area contributed by atoms with Gasteiger partial charge in [0.2, 0.25) is 0 Å². The fourth-order valence-corrected chi connectivity index (χ4v) is 6.30. The molecule has 0 aliphatic carbocycles. The highest BCUT2D eigenvalue weighted by Crippen LogP contribution is 2.44. The molecule has 1 atom stereocenters. The zero-order valence-corrected chi connectivity index (χ0v) is 24.7. The third kappa shape index (κ3) is 6.47. The van der Waals surface area contributed by atoms with E-state index in [2.05, 4.69) is 56.7 Å². The molecule has 202 valence electrons. The van der Waals surface area contributed by atoms with Gasteiger partial charge in [-0.1, -0.05) is 59.0 Å². The molecule has 6 nitrogen and oxygen atoms in total. The molecule has 39 heavy (non-hydrogen) atoms. The number of hydrogen-bond donors (Lipinski definition) is 0. The number of fused-ring (bicyclic) bond motifs is 1. The number of thioether (sulfide) groups is 1. The number of nitrogens with zero attached hydrogens (tertiary/aromatic N) is 3. The minimum atomic E-state index is -0.237. The van der Waals surface area contributed by atoms with E-state index in [1.807, 2.05) is 19.2 Å². The van der Waals surface area contributed by atoms with Crippen molar-refractivity contribution in [2.24, 2.45) is 0 Å². The molecule has 3 aromatic carbocycles. The largest absolute Gasteiger partial charge is 0.493 e. The molecule has 0 saturated carbocycles. The van der Waals surface area contributed by atoms with Crippen molar-refractivity contribution in [3.63, 3.8) is 0 Å². The first-order valence-corrected chi connectivity index (χ1v) is 15.0. The second-order valence-corrected chi connectivity index (χ2v) is 11.4. The van der Waals surface area contributed by atoms with Gasteiger partial charge >= 0.3 is 0 Å². The highest BCUT2D eigenvalue weighted by Gasteiger charge is 2.28. The molecule has 4 aromatic rings. The molecule has 1 aromatic heterocycles. The SMILES string of the molecule is COc1cc(-n2cnc3c(c2=O)SC(c2ccc(CI)cc2)C3)ccc1OCCN(C)Cc1ccc(F)cc1. The van der Waals surface area contributed by atoms with Crippen LogP contribution in [0.4, 0.5) is 4.39 Å². The number of rotatable bonds is 10. The zero-order chi connectivity index (χ0) is 27.4. The summed E-state index contributed by atoms with van der Waals surface area (Å²) in [4.78, 5) is 20.9. The molecule has 0 radical (unpaired) electrons. The van der Waals surface area contributed by atoms with E-state index in [1.165, 1.54) is 23.3 Å². The fourth-order valence-electron chi connectivity index (χ4n) is 4.50. The van der Waals surface area contributed by atoms with Gasteiger partial charge in [-0.2, -0.15) is 0 Å².